The molecule has 3 rings (SSSR count). The van der Waals surface area contributed by atoms with Gasteiger partial charge in [-0.3, -0.25) is 4.79 Å². The van der Waals surface area contributed by atoms with Crippen molar-refractivity contribution in [2.75, 3.05) is 33.3 Å². The van der Waals surface area contributed by atoms with Gasteiger partial charge in [-0.1, -0.05) is 32.0 Å². The number of fused-ring (bicyclic) bond motifs is 1. The van der Waals surface area contributed by atoms with Gasteiger partial charge >= 0.3 is 0 Å². The van der Waals surface area contributed by atoms with Crippen molar-refractivity contribution in [1.29, 1.82) is 0 Å². The Morgan fingerprint density at radius 2 is 2.10 bits per heavy atom. The van der Waals surface area contributed by atoms with E-state index in [0.29, 0.717) is 24.2 Å². The van der Waals surface area contributed by atoms with Crippen molar-refractivity contribution >= 4 is 5.91 Å². The predicted octanol–water partition coefficient (Wildman–Crippen LogP) is 3.45. The van der Waals surface area contributed by atoms with E-state index in [1.54, 1.807) is 35.4 Å². The smallest absolute Gasteiger partial charge is 0.259 e. The normalized spacial score (nSPS) is 20.1. The van der Waals surface area contributed by atoms with Gasteiger partial charge in [0.05, 0.1) is 12.6 Å². The minimum atomic E-state index is -0.378. The lowest BCUT2D eigenvalue weighted by molar-refractivity contribution is 0.0331. The molecular formula is C24H32FN3O3. The Balaban J connectivity index is 2.04. The van der Waals surface area contributed by atoms with Gasteiger partial charge in [0, 0.05) is 36.3 Å². The molecule has 31 heavy (non-hydrogen) atoms. The van der Waals surface area contributed by atoms with E-state index in [2.05, 4.69) is 16.8 Å². The zero-order chi connectivity index (χ0) is 22.5. The Morgan fingerprint density at radius 3 is 2.77 bits per heavy atom. The molecule has 0 spiro atoms. The lowest BCUT2D eigenvalue weighted by Crippen LogP contribution is -2.50. The number of halogens is 1. The predicted molar refractivity (Wildman–Crippen MR) is 119 cm³/mol. The number of amides is 1. The van der Waals surface area contributed by atoms with E-state index in [-0.39, 0.29) is 47.8 Å². The fraction of sp³-hybridized carbons (Fsp3) is 0.500. The average Bonchev–Trinajstić information content (AvgIpc) is 2.76. The summed E-state index contributed by atoms with van der Waals surface area (Å²) in [4.78, 5) is 21.7. The highest BCUT2D eigenvalue weighted by molar-refractivity contribution is 5.98. The molecule has 0 saturated carbocycles. The van der Waals surface area contributed by atoms with Crippen LogP contribution in [0.15, 0.2) is 36.5 Å². The maximum Gasteiger partial charge on any atom is 0.259 e. The second-order valence-corrected chi connectivity index (χ2v) is 8.44. The standard InChI is InChI=1S/C24H32FN3O3/c1-5-10-27(4)14-22-16(2)13-28(17(3)15-29)24(30)20-11-18(12-26-23(20)31-22)19-8-6-7-9-21(19)25/h6-9,11-12,16-17,22,29H,5,10,13-15H2,1-4H3/t16-,17+,22-/m1/s1. The summed E-state index contributed by atoms with van der Waals surface area (Å²) in [6.45, 7) is 7.94. The van der Waals surface area contributed by atoms with Crippen LogP contribution in [-0.4, -0.2) is 71.2 Å². The molecule has 1 amide bonds. The summed E-state index contributed by atoms with van der Waals surface area (Å²) in [5.74, 6) is -0.355. The molecule has 0 radical (unpaired) electrons. The molecule has 2 heterocycles. The molecule has 168 valence electrons. The molecule has 0 saturated heterocycles. The fourth-order valence-corrected chi connectivity index (χ4v) is 3.94. The van der Waals surface area contributed by atoms with Gasteiger partial charge in [0.25, 0.3) is 5.91 Å². The van der Waals surface area contributed by atoms with Gasteiger partial charge in [-0.15, -0.1) is 0 Å². The summed E-state index contributed by atoms with van der Waals surface area (Å²) in [5, 5.41) is 9.75. The van der Waals surface area contributed by atoms with Crippen LogP contribution in [0.25, 0.3) is 11.1 Å². The van der Waals surface area contributed by atoms with E-state index >= 15 is 0 Å². The fourth-order valence-electron chi connectivity index (χ4n) is 3.94. The Hall–Kier alpha value is -2.51. The molecule has 7 heteroatoms. The lowest BCUT2D eigenvalue weighted by Gasteiger charge is -2.37. The minimum absolute atomic E-state index is 0.0402. The monoisotopic (exact) mass is 429 g/mol. The van der Waals surface area contributed by atoms with Crippen molar-refractivity contribution in [3.05, 3.63) is 47.9 Å². The summed E-state index contributed by atoms with van der Waals surface area (Å²) < 4.78 is 20.6. The Morgan fingerprint density at radius 1 is 1.35 bits per heavy atom. The third kappa shape index (κ3) is 5.22. The molecule has 1 N–H and O–H groups in total. The van der Waals surface area contributed by atoms with Gasteiger partial charge in [0.15, 0.2) is 0 Å². The maximum absolute atomic E-state index is 14.3. The number of benzene rings is 1. The van der Waals surface area contributed by atoms with Gasteiger partial charge < -0.3 is 19.6 Å². The summed E-state index contributed by atoms with van der Waals surface area (Å²) in [5.41, 5.74) is 1.18. The van der Waals surface area contributed by atoms with Crippen LogP contribution in [-0.2, 0) is 0 Å². The highest BCUT2D eigenvalue weighted by atomic mass is 19.1. The first-order valence-electron chi connectivity index (χ1n) is 10.9. The second-order valence-electron chi connectivity index (χ2n) is 8.44. The summed E-state index contributed by atoms with van der Waals surface area (Å²) in [7, 11) is 2.05. The number of hydrogen-bond donors (Lipinski definition) is 1. The summed E-state index contributed by atoms with van der Waals surface area (Å²) >= 11 is 0. The van der Waals surface area contributed by atoms with E-state index in [1.807, 2.05) is 20.9 Å². The van der Waals surface area contributed by atoms with Gasteiger partial charge in [0.1, 0.15) is 17.5 Å². The first kappa shape index (κ1) is 23.2. The number of ether oxygens (including phenoxy) is 1. The number of carbonyl (C=O) groups excluding carboxylic acids is 1. The van der Waals surface area contributed by atoms with Gasteiger partial charge in [-0.25, -0.2) is 9.37 Å². The third-order valence-corrected chi connectivity index (χ3v) is 5.80. The van der Waals surface area contributed by atoms with E-state index in [9.17, 15) is 14.3 Å². The number of pyridine rings is 1. The number of aliphatic hydroxyl groups is 1. The van der Waals surface area contributed by atoms with Crippen LogP contribution >= 0.6 is 0 Å². The molecule has 3 atom stereocenters. The number of hydrogen-bond acceptors (Lipinski definition) is 5. The van der Waals surface area contributed by atoms with Gasteiger partial charge in [-0.2, -0.15) is 0 Å². The molecule has 1 aliphatic heterocycles. The molecule has 0 aliphatic carbocycles. The molecule has 0 fully saturated rings. The SMILES string of the molecule is CCCN(C)C[C@H]1Oc2ncc(-c3ccccc3F)cc2C(=O)N([C@@H](C)CO)C[C@H]1C. The number of likely N-dealkylation sites (N-methyl/N-ethyl adjacent to an activating group) is 1. The number of carbonyl (C=O) groups is 1. The molecule has 0 bridgehead atoms. The summed E-state index contributed by atoms with van der Waals surface area (Å²) in [6.07, 6.45) is 2.40. The molecule has 1 aromatic carbocycles. The van der Waals surface area contributed by atoms with E-state index < -0.39 is 0 Å². The van der Waals surface area contributed by atoms with Crippen LogP contribution in [0.4, 0.5) is 4.39 Å². The van der Waals surface area contributed by atoms with E-state index in [4.69, 9.17) is 4.74 Å². The number of aliphatic hydroxyl groups excluding tert-OH is 1. The Bertz CT molecular complexity index is 907. The largest absolute Gasteiger partial charge is 0.472 e. The number of aromatic nitrogens is 1. The quantitative estimate of drug-likeness (QED) is 0.730. The molecule has 1 aliphatic rings. The highest BCUT2D eigenvalue weighted by Crippen LogP contribution is 2.31. The van der Waals surface area contributed by atoms with Gasteiger partial charge in [0.2, 0.25) is 5.88 Å². The van der Waals surface area contributed by atoms with Crippen molar-refractivity contribution in [2.45, 2.75) is 39.3 Å². The van der Waals surface area contributed by atoms with Crippen LogP contribution in [0.1, 0.15) is 37.6 Å². The minimum Gasteiger partial charge on any atom is -0.472 e. The van der Waals surface area contributed by atoms with E-state index in [1.165, 1.54) is 6.07 Å². The number of nitrogens with zero attached hydrogens (tertiary/aromatic N) is 3. The Labute approximate surface area is 183 Å². The lowest BCUT2D eigenvalue weighted by atomic mass is 9.99. The number of rotatable bonds is 7. The van der Waals surface area contributed by atoms with E-state index in [0.717, 1.165) is 13.0 Å². The zero-order valence-electron chi connectivity index (χ0n) is 18.7. The average molecular weight is 430 g/mol. The van der Waals surface area contributed by atoms with Crippen LogP contribution in [0.5, 0.6) is 5.88 Å². The van der Waals surface area contributed by atoms with Gasteiger partial charge in [-0.05, 0) is 39.1 Å². The van der Waals surface area contributed by atoms with Crippen molar-refractivity contribution < 1.29 is 19.0 Å². The zero-order valence-corrected chi connectivity index (χ0v) is 18.7. The highest BCUT2D eigenvalue weighted by Gasteiger charge is 2.34. The molecule has 1 aromatic heterocycles. The van der Waals surface area contributed by atoms with Crippen molar-refractivity contribution in [1.82, 2.24) is 14.8 Å². The molecule has 0 unspecified atom stereocenters. The third-order valence-electron chi connectivity index (χ3n) is 5.80. The van der Waals surface area contributed by atoms with Crippen molar-refractivity contribution in [2.24, 2.45) is 5.92 Å². The summed E-state index contributed by atoms with van der Waals surface area (Å²) in [6, 6.07) is 7.69. The van der Waals surface area contributed by atoms with Crippen LogP contribution < -0.4 is 4.74 Å². The second kappa shape index (κ2) is 10.2. The Kier molecular flexibility index (Phi) is 7.62. The van der Waals surface area contributed by atoms with Crippen molar-refractivity contribution in [3.8, 4) is 17.0 Å². The van der Waals surface area contributed by atoms with Crippen LogP contribution in [0.3, 0.4) is 0 Å². The molecular weight excluding hydrogens is 397 g/mol. The molecule has 6 nitrogen and oxygen atoms in total. The molecule has 2 aromatic rings. The van der Waals surface area contributed by atoms with Crippen molar-refractivity contribution in [3.63, 3.8) is 0 Å². The topological polar surface area (TPSA) is 65.9 Å². The first-order valence-corrected chi connectivity index (χ1v) is 10.9. The first-order chi connectivity index (χ1) is 14.8. The maximum atomic E-state index is 14.3. The van der Waals surface area contributed by atoms with Crippen LogP contribution in [0.2, 0.25) is 0 Å². The van der Waals surface area contributed by atoms with Crippen LogP contribution in [0, 0.1) is 11.7 Å².